The van der Waals surface area contributed by atoms with E-state index in [1.54, 1.807) is 48.5 Å². The number of carbonyl (C=O) groups excluding carboxylic acids is 1. The molecule has 0 atom stereocenters. The number of benzene rings is 2. The molecule has 6 nitrogen and oxygen atoms in total. The van der Waals surface area contributed by atoms with E-state index in [1.807, 2.05) is 0 Å². The smallest absolute Gasteiger partial charge is 0.382 e. The first kappa shape index (κ1) is 23.4. The standard InChI is InChI=1S/C26H30O6/c1-2-3-4-5-6-7-8-12-18-30-20-16-13-17-21-22(20)24(23(27)26(29)31-21)32-25(28)19-14-10-9-11-15-19/h9-11,13-17,27H,2-8,12,18H2,1H3. The highest BCUT2D eigenvalue weighted by molar-refractivity contribution is 5.97. The normalized spacial score (nSPS) is 10.9. The number of hydrogen-bond donors (Lipinski definition) is 1. The van der Waals surface area contributed by atoms with Crippen molar-refractivity contribution in [1.82, 2.24) is 0 Å². The van der Waals surface area contributed by atoms with Gasteiger partial charge < -0.3 is 19.0 Å². The van der Waals surface area contributed by atoms with Crippen LogP contribution in [0.1, 0.15) is 68.6 Å². The molecule has 0 amide bonds. The molecule has 3 aromatic rings. The van der Waals surface area contributed by atoms with Crippen LogP contribution in [0.3, 0.4) is 0 Å². The summed E-state index contributed by atoms with van der Waals surface area (Å²) in [7, 11) is 0. The van der Waals surface area contributed by atoms with Crippen molar-refractivity contribution in [3.05, 3.63) is 64.5 Å². The van der Waals surface area contributed by atoms with Gasteiger partial charge in [0.1, 0.15) is 16.7 Å². The Morgan fingerprint density at radius 3 is 2.31 bits per heavy atom. The second-order valence-electron chi connectivity index (χ2n) is 7.78. The maximum Gasteiger partial charge on any atom is 0.382 e. The molecule has 1 aromatic heterocycles. The molecule has 0 aliphatic rings. The molecular formula is C26H30O6. The fraction of sp³-hybridized carbons (Fsp3) is 0.385. The van der Waals surface area contributed by atoms with Crippen LogP contribution in [0.4, 0.5) is 0 Å². The van der Waals surface area contributed by atoms with Crippen LogP contribution in [0.15, 0.2) is 57.7 Å². The Kier molecular flexibility index (Phi) is 8.72. The first-order valence-electron chi connectivity index (χ1n) is 11.3. The lowest BCUT2D eigenvalue weighted by Gasteiger charge is -2.13. The Labute approximate surface area is 187 Å². The highest BCUT2D eigenvalue weighted by Crippen LogP contribution is 2.38. The van der Waals surface area contributed by atoms with E-state index in [2.05, 4.69) is 6.92 Å². The zero-order chi connectivity index (χ0) is 22.8. The Hall–Kier alpha value is -3.28. The van der Waals surface area contributed by atoms with Crippen LogP contribution in [0.25, 0.3) is 11.0 Å². The number of fused-ring (bicyclic) bond motifs is 1. The number of rotatable bonds is 12. The van der Waals surface area contributed by atoms with E-state index in [1.165, 1.54) is 32.1 Å². The molecule has 0 saturated heterocycles. The van der Waals surface area contributed by atoms with Crippen molar-refractivity contribution < 1.29 is 23.8 Å². The zero-order valence-corrected chi connectivity index (χ0v) is 18.5. The molecular weight excluding hydrogens is 408 g/mol. The number of esters is 1. The van der Waals surface area contributed by atoms with E-state index in [9.17, 15) is 14.7 Å². The van der Waals surface area contributed by atoms with Gasteiger partial charge in [0.05, 0.1) is 12.2 Å². The topological polar surface area (TPSA) is 86.0 Å². The third kappa shape index (κ3) is 6.13. The first-order valence-corrected chi connectivity index (χ1v) is 11.3. The van der Waals surface area contributed by atoms with E-state index in [0.29, 0.717) is 17.9 Å². The number of aromatic hydroxyl groups is 1. The van der Waals surface area contributed by atoms with Crippen LogP contribution in [0.2, 0.25) is 0 Å². The summed E-state index contributed by atoms with van der Waals surface area (Å²) in [5, 5.41) is 10.6. The quantitative estimate of drug-likeness (QED) is 0.205. The van der Waals surface area contributed by atoms with Gasteiger partial charge in [-0.3, -0.25) is 0 Å². The van der Waals surface area contributed by atoms with Crippen molar-refractivity contribution in [3.8, 4) is 17.2 Å². The molecule has 0 aliphatic heterocycles. The second kappa shape index (κ2) is 11.9. The highest BCUT2D eigenvalue weighted by Gasteiger charge is 2.22. The summed E-state index contributed by atoms with van der Waals surface area (Å²) in [5.41, 5.74) is -0.503. The fourth-order valence-electron chi connectivity index (χ4n) is 3.54. The van der Waals surface area contributed by atoms with Crippen molar-refractivity contribution in [2.75, 3.05) is 6.61 Å². The lowest BCUT2D eigenvalue weighted by molar-refractivity contribution is 0.0731. The van der Waals surface area contributed by atoms with Gasteiger partial charge in [0, 0.05) is 0 Å². The Bertz CT molecular complexity index is 1070. The lowest BCUT2D eigenvalue weighted by Crippen LogP contribution is -2.12. The molecule has 170 valence electrons. The maximum absolute atomic E-state index is 12.6. The summed E-state index contributed by atoms with van der Waals surface area (Å²) in [4.78, 5) is 24.6. The average Bonchev–Trinajstić information content (AvgIpc) is 2.81. The van der Waals surface area contributed by atoms with E-state index in [0.717, 1.165) is 19.3 Å². The summed E-state index contributed by atoms with van der Waals surface area (Å²) in [6.45, 7) is 2.68. The molecule has 2 aromatic carbocycles. The summed E-state index contributed by atoms with van der Waals surface area (Å²) in [6.07, 6.45) is 9.44. The van der Waals surface area contributed by atoms with Gasteiger partial charge in [-0.05, 0) is 30.7 Å². The average molecular weight is 439 g/mol. The predicted octanol–water partition coefficient (Wildman–Crippen LogP) is 6.24. The third-order valence-electron chi connectivity index (χ3n) is 5.29. The van der Waals surface area contributed by atoms with E-state index >= 15 is 0 Å². The monoisotopic (exact) mass is 438 g/mol. The van der Waals surface area contributed by atoms with Crippen molar-refractivity contribution in [3.63, 3.8) is 0 Å². The predicted molar refractivity (Wildman–Crippen MR) is 124 cm³/mol. The summed E-state index contributed by atoms with van der Waals surface area (Å²) < 4.78 is 16.5. The summed E-state index contributed by atoms with van der Waals surface area (Å²) in [5.74, 6) is -1.31. The lowest BCUT2D eigenvalue weighted by atomic mass is 10.1. The fourth-order valence-corrected chi connectivity index (χ4v) is 3.54. The minimum atomic E-state index is -0.978. The molecule has 1 N–H and O–H groups in total. The number of hydrogen-bond acceptors (Lipinski definition) is 6. The molecule has 6 heteroatoms. The minimum absolute atomic E-state index is 0.178. The van der Waals surface area contributed by atoms with Crippen LogP contribution in [-0.2, 0) is 0 Å². The molecule has 1 heterocycles. The van der Waals surface area contributed by atoms with Crippen LogP contribution in [0.5, 0.6) is 17.2 Å². The Balaban J connectivity index is 1.71. The van der Waals surface area contributed by atoms with Gasteiger partial charge in [0.2, 0.25) is 5.75 Å². The first-order chi connectivity index (χ1) is 15.6. The minimum Gasteiger partial charge on any atom is -0.499 e. The van der Waals surface area contributed by atoms with Crippen LogP contribution in [-0.4, -0.2) is 17.7 Å². The van der Waals surface area contributed by atoms with E-state index < -0.39 is 17.3 Å². The Morgan fingerprint density at radius 1 is 0.906 bits per heavy atom. The van der Waals surface area contributed by atoms with Crippen molar-refractivity contribution >= 4 is 16.9 Å². The van der Waals surface area contributed by atoms with Gasteiger partial charge in [-0.1, -0.05) is 76.1 Å². The van der Waals surface area contributed by atoms with Gasteiger partial charge in [-0.2, -0.15) is 0 Å². The number of ether oxygens (including phenoxy) is 2. The zero-order valence-electron chi connectivity index (χ0n) is 18.5. The van der Waals surface area contributed by atoms with Gasteiger partial charge in [-0.25, -0.2) is 9.59 Å². The molecule has 0 spiro atoms. The molecule has 3 rings (SSSR count). The van der Waals surface area contributed by atoms with Gasteiger partial charge in [0.25, 0.3) is 0 Å². The number of carbonyl (C=O) groups is 1. The van der Waals surface area contributed by atoms with Crippen molar-refractivity contribution in [2.45, 2.75) is 58.3 Å². The molecule has 0 saturated carbocycles. The van der Waals surface area contributed by atoms with Crippen LogP contribution >= 0.6 is 0 Å². The van der Waals surface area contributed by atoms with Crippen LogP contribution < -0.4 is 15.1 Å². The van der Waals surface area contributed by atoms with Crippen LogP contribution in [0, 0.1) is 0 Å². The molecule has 0 unspecified atom stereocenters. The molecule has 0 fully saturated rings. The highest BCUT2D eigenvalue weighted by atomic mass is 16.5. The molecule has 32 heavy (non-hydrogen) atoms. The Morgan fingerprint density at radius 2 is 1.59 bits per heavy atom. The van der Waals surface area contributed by atoms with Gasteiger partial charge in [0.15, 0.2) is 5.75 Å². The summed E-state index contributed by atoms with van der Waals surface area (Å²) >= 11 is 0. The maximum atomic E-state index is 12.6. The summed E-state index contributed by atoms with van der Waals surface area (Å²) in [6, 6.07) is 13.3. The third-order valence-corrected chi connectivity index (χ3v) is 5.29. The number of unbranched alkanes of at least 4 members (excludes halogenated alkanes) is 7. The molecule has 0 aliphatic carbocycles. The van der Waals surface area contributed by atoms with Gasteiger partial charge >= 0.3 is 11.6 Å². The largest absolute Gasteiger partial charge is 0.499 e. The molecule has 0 radical (unpaired) electrons. The second-order valence-corrected chi connectivity index (χ2v) is 7.78. The van der Waals surface area contributed by atoms with Gasteiger partial charge in [-0.15, -0.1) is 0 Å². The van der Waals surface area contributed by atoms with E-state index in [4.69, 9.17) is 13.9 Å². The van der Waals surface area contributed by atoms with Crippen molar-refractivity contribution in [2.24, 2.45) is 0 Å². The van der Waals surface area contributed by atoms with E-state index in [-0.39, 0.29) is 16.7 Å². The van der Waals surface area contributed by atoms with Crippen molar-refractivity contribution in [1.29, 1.82) is 0 Å². The SMILES string of the molecule is CCCCCCCCCCOc1cccc2oc(=O)c(O)c(OC(=O)c3ccccc3)c12. The molecule has 0 bridgehead atoms.